The van der Waals surface area contributed by atoms with E-state index in [-0.39, 0.29) is 5.91 Å². The summed E-state index contributed by atoms with van der Waals surface area (Å²) in [6.07, 6.45) is 3.62. The molecule has 100 valence electrons. The Hall–Kier alpha value is -1.58. The van der Waals surface area contributed by atoms with Gasteiger partial charge in [0, 0.05) is 31.5 Å². The highest BCUT2D eigenvalue weighted by atomic mass is 16.2. The third kappa shape index (κ3) is 4.02. The lowest BCUT2D eigenvalue weighted by Gasteiger charge is -2.21. The zero-order chi connectivity index (χ0) is 13.4. The van der Waals surface area contributed by atoms with Gasteiger partial charge < -0.3 is 10.2 Å². The topological polar surface area (TPSA) is 45.2 Å². The van der Waals surface area contributed by atoms with Crippen molar-refractivity contribution in [2.45, 2.75) is 33.6 Å². The number of rotatable bonds is 7. The molecule has 1 aromatic rings. The highest BCUT2D eigenvalue weighted by molar-refractivity contribution is 5.93. The first kappa shape index (κ1) is 14.5. The summed E-state index contributed by atoms with van der Waals surface area (Å²) >= 11 is 0. The van der Waals surface area contributed by atoms with Crippen molar-refractivity contribution in [2.24, 2.45) is 0 Å². The molecular formula is C14H23N3O. The number of anilines is 1. The van der Waals surface area contributed by atoms with Crippen LogP contribution in [-0.4, -0.2) is 35.4 Å². The quantitative estimate of drug-likeness (QED) is 0.808. The van der Waals surface area contributed by atoms with Gasteiger partial charge in [-0.05, 0) is 31.9 Å². The van der Waals surface area contributed by atoms with E-state index in [1.54, 1.807) is 6.20 Å². The zero-order valence-corrected chi connectivity index (χ0v) is 11.6. The number of amides is 1. The standard InChI is InChI=1S/C14H23N3O/c1-4-9-17(10-5-2)14(18)13-11-12(15-6-3)7-8-16-13/h7-8,11H,4-6,9-10H2,1-3H3,(H,15,16). The molecule has 1 heterocycles. The second-order valence-corrected chi connectivity index (χ2v) is 4.25. The maximum atomic E-state index is 12.3. The first-order chi connectivity index (χ1) is 8.72. The second kappa shape index (κ2) is 7.69. The molecule has 0 aliphatic carbocycles. The summed E-state index contributed by atoms with van der Waals surface area (Å²) < 4.78 is 0. The average molecular weight is 249 g/mol. The summed E-state index contributed by atoms with van der Waals surface area (Å²) in [5.41, 5.74) is 1.47. The molecule has 0 aliphatic heterocycles. The van der Waals surface area contributed by atoms with Crippen molar-refractivity contribution >= 4 is 11.6 Å². The lowest BCUT2D eigenvalue weighted by molar-refractivity contribution is 0.0750. The fraction of sp³-hybridized carbons (Fsp3) is 0.571. The van der Waals surface area contributed by atoms with E-state index in [0.717, 1.165) is 38.2 Å². The van der Waals surface area contributed by atoms with Gasteiger partial charge in [0.2, 0.25) is 0 Å². The third-order valence-corrected chi connectivity index (χ3v) is 2.63. The minimum atomic E-state index is 0.0263. The average Bonchev–Trinajstić information content (AvgIpc) is 2.38. The van der Waals surface area contributed by atoms with E-state index in [1.807, 2.05) is 24.0 Å². The number of hydrogen-bond acceptors (Lipinski definition) is 3. The number of carbonyl (C=O) groups is 1. The smallest absolute Gasteiger partial charge is 0.272 e. The van der Waals surface area contributed by atoms with Crippen molar-refractivity contribution in [1.29, 1.82) is 0 Å². The highest BCUT2D eigenvalue weighted by Crippen LogP contribution is 2.10. The first-order valence-electron chi connectivity index (χ1n) is 6.72. The molecule has 0 aromatic carbocycles. The molecule has 1 aromatic heterocycles. The summed E-state index contributed by atoms with van der Waals surface area (Å²) in [6, 6.07) is 3.70. The Labute approximate surface area is 109 Å². The second-order valence-electron chi connectivity index (χ2n) is 4.25. The van der Waals surface area contributed by atoms with Crippen molar-refractivity contribution in [1.82, 2.24) is 9.88 Å². The lowest BCUT2D eigenvalue weighted by atomic mass is 10.2. The molecule has 0 unspecified atom stereocenters. The summed E-state index contributed by atoms with van der Waals surface area (Å²) in [5.74, 6) is 0.0263. The van der Waals surface area contributed by atoms with Crippen molar-refractivity contribution in [3.8, 4) is 0 Å². The predicted molar refractivity (Wildman–Crippen MR) is 74.9 cm³/mol. The van der Waals surface area contributed by atoms with E-state index in [0.29, 0.717) is 5.69 Å². The predicted octanol–water partition coefficient (Wildman–Crippen LogP) is 2.78. The van der Waals surface area contributed by atoms with Crippen molar-refractivity contribution in [3.05, 3.63) is 24.0 Å². The van der Waals surface area contributed by atoms with Crippen LogP contribution in [-0.2, 0) is 0 Å². The molecule has 0 saturated carbocycles. The number of carbonyl (C=O) groups excluding carboxylic acids is 1. The van der Waals surface area contributed by atoms with Gasteiger partial charge in [0.1, 0.15) is 5.69 Å². The van der Waals surface area contributed by atoms with Gasteiger partial charge in [0.05, 0.1) is 0 Å². The van der Waals surface area contributed by atoms with E-state index < -0.39 is 0 Å². The largest absolute Gasteiger partial charge is 0.385 e. The Morgan fingerprint density at radius 3 is 2.50 bits per heavy atom. The number of aromatic nitrogens is 1. The molecule has 0 spiro atoms. The number of hydrogen-bond donors (Lipinski definition) is 1. The van der Waals surface area contributed by atoms with E-state index >= 15 is 0 Å². The van der Waals surface area contributed by atoms with Crippen molar-refractivity contribution in [3.63, 3.8) is 0 Å². The van der Waals surface area contributed by atoms with Crippen molar-refractivity contribution < 1.29 is 4.79 Å². The molecule has 1 N–H and O–H groups in total. The number of nitrogens with zero attached hydrogens (tertiary/aromatic N) is 2. The van der Waals surface area contributed by atoms with Crippen LogP contribution in [0.1, 0.15) is 44.1 Å². The van der Waals surface area contributed by atoms with Crippen LogP contribution in [0.25, 0.3) is 0 Å². The minimum absolute atomic E-state index is 0.0263. The molecule has 0 fully saturated rings. The van der Waals surface area contributed by atoms with Gasteiger partial charge in [-0.25, -0.2) is 0 Å². The van der Waals surface area contributed by atoms with Gasteiger partial charge in [-0.2, -0.15) is 0 Å². The van der Waals surface area contributed by atoms with Crippen LogP contribution in [0.3, 0.4) is 0 Å². The summed E-state index contributed by atoms with van der Waals surface area (Å²) in [5, 5.41) is 3.19. The van der Waals surface area contributed by atoms with Gasteiger partial charge in [-0.1, -0.05) is 13.8 Å². The Balaban J connectivity index is 2.82. The first-order valence-corrected chi connectivity index (χ1v) is 6.72. The maximum Gasteiger partial charge on any atom is 0.272 e. The summed E-state index contributed by atoms with van der Waals surface area (Å²) in [6.45, 7) is 8.62. The summed E-state index contributed by atoms with van der Waals surface area (Å²) in [7, 11) is 0. The third-order valence-electron chi connectivity index (χ3n) is 2.63. The van der Waals surface area contributed by atoms with Gasteiger partial charge in [0.15, 0.2) is 0 Å². The van der Waals surface area contributed by atoms with Crippen molar-refractivity contribution in [2.75, 3.05) is 25.0 Å². The molecule has 4 nitrogen and oxygen atoms in total. The monoisotopic (exact) mass is 249 g/mol. The fourth-order valence-electron chi connectivity index (χ4n) is 1.88. The molecule has 4 heteroatoms. The molecule has 0 aliphatic rings. The number of nitrogens with one attached hydrogen (secondary N) is 1. The Morgan fingerprint density at radius 1 is 1.28 bits per heavy atom. The van der Waals surface area contributed by atoms with Crippen LogP contribution in [0.5, 0.6) is 0 Å². The van der Waals surface area contributed by atoms with Gasteiger partial charge in [0.25, 0.3) is 5.91 Å². The maximum absolute atomic E-state index is 12.3. The van der Waals surface area contributed by atoms with Crippen LogP contribution in [0.4, 0.5) is 5.69 Å². The molecule has 1 rings (SSSR count). The normalized spacial score (nSPS) is 10.2. The van der Waals surface area contributed by atoms with Gasteiger partial charge in [-0.3, -0.25) is 9.78 Å². The van der Waals surface area contributed by atoms with E-state index in [9.17, 15) is 4.79 Å². The van der Waals surface area contributed by atoms with Crippen LogP contribution in [0.2, 0.25) is 0 Å². The molecule has 0 atom stereocenters. The Bertz CT molecular complexity index is 373. The SMILES string of the molecule is CCCN(CCC)C(=O)c1cc(NCC)ccn1. The van der Waals surface area contributed by atoms with E-state index in [4.69, 9.17) is 0 Å². The molecule has 0 bridgehead atoms. The van der Waals surface area contributed by atoms with Gasteiger partial charge in [-0.15, -0.1) is 0 Å². The Kier molecular flexibility index (Phi) is 6.19. The molecule has 18 heavy (non-hydrogen) atoms. The van der Waals surface area contributed by atoms with Crippen LogP contribution in [0.15, 0.2) is 18.3 Å². The van der Waals surface area contributed by atoms with Gasteiger partial charge >= 0.3 is 0 Å². The van der Waals surface area contributed by atoms with E-state index in [2.05, 4.69) is 24.1 Å². The highest BCUT2D eigenvalue weighted by Gasteiger charge is 2.15. The summed E-state index contributed by atoms with van der Waals surface area (Å²) in [4.78, 5) is 18.4. The fourth-order valence-corrected chi connectivity index (χ4v) is 1.88. The van der Waals surface area contributed by atoms with Crippen LogP contribution >= 0.6 is 0 Å². The minimum Gasteiger partial charge on any atom is -0.385 e. The molecule has 0 saturated heterocycles. The molecule has 1 amide bonds. The van der Waals surface area contributed by atoms with E-state index in [1.165, 1.54) is 0 Å². The molecular weight excluding hydrogens is 226 g/mol. The lowest BCUT2D eigenvalue weighted by Crippen LogP contribution is -2.33. The van der Waals surface area contributed by atoms with Crippen LogP contribution in [0, 0.1) is 0 Å². The molecule has 0 radical (unpaired) electrons. The van der Waals surface area contributed by atoms with Crippen LogP contribution < -0.4 is 5.32 Å². The zero-order valence-electron chi connectivity index (χ0n) is 11.6. The Morgan fingerprint density at radius 2 is 1.94 bits per heavy atom. The number of pyridine rings is 1.